The van der Waals surface area contributed by atoms with Crippen LogP contribution in [-0.2, 0) is 24.4 Å². The maximum absolute atomic E-state index is 12.3. The third-order valence-corrected chi connectivity index (χ3v) is 6.33. The SMILES string of the molecule is CCC/C(=C\[I+]c1ccccc1)OS(=O)(=O)C(F)(F)F.O=S(=O)([O-])C(F)(F)F. The molecule has 0 heterocycles. The zero-order valence-electron chi connectivity index (χ0n) is 13.8. The molecule has 28 heavy (non-hydrogen) atoms. The van der Waals surface area contributed by atoms with Crippen LogP contribution in [0, 0.1) is 3.57 Å². The standard InChI is InChI=1S/C12H13F3IO3S.CHF3O3S/c1-2-6-11(19-20(17,18)12(13,14)15)9-16-10-7-4-3-5-8-10;2-1(3,4)8(5,6)7/h3-5,7-9H,2,6H2,1H3;(H,5,6,7)/q+1;/p-1/b11-9+;. The lowest BCUT2D eigenvalue weighted by molar-refractivity contribution is -0.558. The van der Waals surface area contributed by atoms with E-state index in [1.54, 1.807) is 6.92 Å². The summed E-state index contributed by atoms with van der Waals surface area (Å²) in [5.74, 6) is -0.138. The van der Waals surface area contributed by atoms with Crippen molar-refractivity contribution in [2.75, 3.05) is 0 Å². The second-order valence-corrected chi connectivity index (χ2v) is 10.0. The Morgan fingerprint density at radius 3 is 1.86 bits per heavy atom. The van der Waals surface area contributed by atoms with Gasteiger partial charge >= 0.3 is 42.3 Å². The molecule has 1 rings (SSSR count). The molecule has 0 N–H and O–H groups in total. The number of rotatable bonds is 6. The molecule has 0 aliphatic heterocycles. The molecule has 0 radical (unpaired) electrons. The van der Waals surface area contributed by atoms with Crippen molar-refractivity contribution in [1.29, 1.82) is 0 Å². The smallest absolute Gasteiger partial charge is 0.534 e. The molecule has 0 unspecified atom stereocenters. The first-order valence-electron chi connectivity index (χ1n) is 6.91. The van der Waals surface area contributed by atoms with Gasteiger partial charge in [-0.2, -0.15) is 34.8 Å². The average molecular weight is 570 g/mol. The Morgan fingerprint density at radius 2 is 1.50 bits per heavy atom. The van der Waals surface area contributed by atoms with Crippen molar-refractivity contribution in [1.82, 2.24) is 0 Å². The Bertz CT molecular complexity index is 848. The molecule has 6 nitrogen and oxygen atoms in total. The van der Waals surface area contributed by atoms with Crippen LogP contribution < -0.4 is 21.2 Å². The minimum absolute atomic E-state index is 0.138. The second-order valence-electron chi connectivity index (χ2n) is 4.61. The Hall–Kier alpha value is -1.07. The largest absolute Gasteiger partial charge is 0.741 e. The predicted molar refractivity (Wildman–Crippen MR) is 79.9 cm³/mol. The van der Waals surface area contributed by atoms with Crippen molar-refractivity contribution < 1.29 is 73.1 Å². The van der Waals surface area contributed by atoms with Gasteiger partial charge < -0.3 is 8.74 Å². The lowest BCUT2D eigenvalue weighted by Crippen LogP contribution is -3.59. The van der Waals surface area contributed by atoms with Gasteiger partial charge in [-0.05, 0) is 18.6 Å². The summed E-state index contributed by atoms with van der Waals surface area (Å²) in [6.07, 6.45) is 0.652. The van der Waals surface area contributed by atoms with E-state index in [2.05, 4.69) is 4.18 Å². The molecule has 1 aromatic rings. The fraction of sp³-hybridized carbons (Fsp3) is 0.385. The monoisotopic (exact) mass is 570 g/mol. The van der Waals surface area contributed by atoms with Crippen LogP contribution in [0.3, 0.4) is 0 Å². The summed E-state index contributed by atoms with van der Waals surface area (Å²) in [7, 11) is -11.7. The van der Waals surface area contributed by atoms with E-state index in [1.165, 1.54) is 4.08 Å². The molecule has 1 aromatic carbocycles. The number of hydrogen-bond donors (Lipinski definition) is 0. The lowest BCUT2D eigenvalue weighted by Gasteiger charge is -2.09. The van der Waals surface area contributed by atoms with Gasteiger partial charge in [0.25, 0.3) is 0 Å². The molecule has 0 atom stereocenters. The summed E-state index contributed by atoms with van der Waals surface area (Å²) >= 11 is -0.736. The molecule has 0 bridgehead atoms. The highest BCUT2D eigenvalue weighted by molar-refractivity contribution is 7.87. The number of benzene rings is 1. The van der Waals surface area contributed by atoms with Crippen molar-refractivity contribution in [3.63, 3.8) is 0 Å². The minimum Gasteiger partial charge on any atom is -0.741 e. The fourth-order valence-electron chi connectivity index (χ4n) is 1.16. The minimum atomic E-state index is -6.09. The maximum atomic E-state index is 12.3. The zero-order valence-corrected chi connectivity index (χ0v) is 17.6. The van der Waals surface area contributed by atoms with Crippen LogP contribution >= 0.6 is 0 Å². The van der Waals surface area contributed by atoms with Crippen LogP contribution in [-0.4, -0.2) is 32.4 Å². The molecule has 0 spiro atoms. The van der Waals surface area contributed by atoms with Crippen molar-refractivity contribution in [2.45, 2.75) is 30.8 Å². The van der Waals surface area contributed by atoms with Crippen LogP contribution in [0.1, 0.15) is 19.8 Å². The summed E-state index contributed by atoms with van der Waals surface area (Å²) in [4.78, 5) is 0. The molecular formula is C13H13F6IO6S2. The van der Waals surface area contributed by atoms with Crippen LogP contribution in [0.2, 0.25) is 0 Å². The molecule has 0 saturated heterocycles. The summed E-state index contributed by atoms with van der Waals surface area (Å²) in [5, 5.41) is 0. The first-order chi connectivity index (χ1) is 12.5. The Balaban J connectivity index is 0.000000769. The van der Waals surface area contributed by atoms with E-state index >= 15 is 0 Å². The first kappa shape index (κ1) is 26.9. The highest BCUT2D eigenvalue weighted by Crippen LogP contribution is 2.27. The summed E-state index contributed by atoms with van der Waals surface area (Å²) < 4.78 is 124. The molecular weight excluding hydrogens is 557 g/mol. The Labute approximate surface area is 167 Å². The van der Waals surface area contributed by atoms with Crippen LogP contribution in [0.5, 0.6) is 0 Å². The van der Waals surface area contributed by atoms with E-state index in [-0.39, 0.29) is 12.2 Å². The highest BCUT2D eigenvalue weighted by atomic mass is 127. The number of allylic oxidation sites excluding steroid dienone is 1. The maximum Gasteiger partial charge on any atom is 0.534 e. The van der Waals surface area contributed by atoms with Crippen LogP contribution in [0.25, 0.3) is 0 Å². The van der Waals surface area contributed by atoms with Gasteiger partial charge in [-0.3, -0.25) is 0 Å². The predicted octanol–water partition coefficient (Wildman–Crippen LogP) is 0.504. The lowest BCUT2D eigenvalue weighted by atomic mass is 10.3. The molecule has 0 aliphatic rings. The molecule has 0 aliphatic carbocycles. The third-order valence-electron chi connectivity index (χ3n) is 2.32. The number of halogens is 7. The zero-order chi connectivity index (χ0) is 22.2. The topological polar surface area (TPSA) is 101 Å². The highest BCUT2D eigenvalue weighted by Gasteiger charge is 2.49. The Morgan fingerprint density at radius 1 is 1.04 bits per heavy atom. The number of alkyl halides is 6. The van der Waals surface area contributed by atoms with E-state index in [4.69, 9.17) is 13.0 Å². The van der Waals surface area contributed by atoms with E-state index in [0.29, 0.717) is 6.42 Å². The summed E-state index contributed by atoms with van der Waals surface area (Å²) in [5.41, 5.74) is -11.0. The van der Waals surface area contributed by atoms with E-state index in [9.17, 15) is 34.8 Å². The summed E-state index contributed by atoms with van der Waals surface area (Å²) in [6, 6.07) is 9.14. The Kier molecular flexibility index (Phi) is 10.2. The van der Waals surface area contributed by atoms with Crippen molar-refractivity contribution in [3.8, 4) is 0 Å². The van der Waals surface area contributed by atoms with Gasteiger partial charge in [-0.15, -0.1) is 0 Å². The van der Waals surface area contributed by atoms with E-state index in [1.807, 2.05) is 30.3 Å². The second kappa shape index (κ2) is 10.6. The van der Waals surface area contributed by atoms with Gasteiger partial charge in [0.15, 0.2) is 23.5 Å². The van der Waals surface area contributed by atoms with E-state index in [0.717, 1.165) is 3.57 Å². The van der Waals surface area contributed by atoms with Crippen LogP contribution in [0.15, 0.2) is 40.2 Å². The number of hydrogen-bond acceptors (Lipinski definition) is 6. The summed E-state index contributed by atoms with van der Waals surface area (Å²) in [6.45, 7) is 1.73. The van der Waals surface area contributed by atoms with Crippen molar-refractivity contribution in [2.24, 2.45) is 0 Å². The van der Waals surface area contributed by atoms with Crippen molar-refractivity contribution in [3.05, 3.63) is 43.7 Å². The molecule has 0 aromatic heterocycles. The normalized spacial score (nSPS) is 13.5. The molecule has 0 fully saturated rings. The molecule has 0 saturated carbocycles. The van der Waals surface area contributed by atoms with Gasteiger partial charge in [0.05, 0.1) is 0 Å². The fourth-order valence-corrected chi connectivity index (χ4v) is 3.82. The quantitative estimate of drug-likeness (QED) is 0.124. The molecule has 162 valence electrons. The van der Waals surface area contributed by atoms with Gasteiger partial charge in [0.1, 0.15) is 0 Å². The van der Waals surface area contributed by atoms with Crippen LogP contribution in [0.4, 0.5) is 26.3 Å². The first-order valence-corrected chi connectivity index (χ1v) is 12.1. The molecule has 0 amide bonds. The molecule has 15 heteroatoms. The van der Waals surface area contributed by atoms with Gasteiger partial charge in [-0.1, -0.05) is 25.1 Å². The third kappa shape index (κ3) is 9.92. The van der Waals surface area contributed by atoms with Gasteiger partial charge in [-0.25, -0.2) is 8.42 Å². The van der Waals surface area contributed by atoms with E-state index < -0.39 is 52.5 Å². The van der Waals surface area contributed by atoms with Gasteiger partial charge in [0.2, 0.25) is 0 Å². The average Bonchev–Trinajstić information content (AvgIpc) is 2.51. The van der Waals surface area contributed by atoms with Crippen molar-refractivity contribution >= 4 is 20.2 Å². The van der Waals surface area contributed by atoms with Gasteiger partial charge in [0, 0.05) is 6.42 Å².